The first-order valence-electron chi connectivity index (χ1n) is 8.05. The van der Waals surface area contributed by atoms with Gasteiger partial charge in [0.25, 0.3) is 0 Å². The molecule has 0 heterocycles. The summed E-state index contributed by atoms with van der Waals surface area (Å²) in [4.78, 5) is 24.2. The van der Waals surface area contributed by atoms with Gasteiger partial charge in [0.15, 0.2) is 0 Å². The lowest BCUT2D eigenvalue weighted by molar-refractivity contribution is -0.123. The van der Waals surface area contributed by atoms with Crippen LogP contribution in [0.2, 0.25) is 10.0 Å². The minimum absolute atomic E-state index is 0.0264. The van der Waals surface area contributed by atoms with Crippen molar-refractivity contribution in [2.75, 3.05) is 22.5 Å². The van der Waals surface area contributed by atoms with E-state index in [2.05, 4.69) is 16.0 Å². The van der Waals surface area contributed by atoms with Gasteiger partial charge in [0.1, 0.15) is 0 Å². The maximum Gasteiger partial charge on any atom is 0.243 e. The number of carbonyl (C=O) groups is 2. The van der Waals surface area contributed by atoms with Gasteiger partial charge in [-0.2, -0.15) is 0 Å². The van der Waals surface area contributed by atoms with Crippen LogP contribution in [-0.2, 0) is 9.59 Å². The smallest absolute Gasteiger partial charge is 0.243 e. The number of hydrogen-bond donors (Lipinski definition) is 3. The average Bonchev–Trinajstić information content (AvgIpc) is 2.55. The number of amides is 2. The molecular weight excluding hydrogens is 373 g/mol. The second kappa shape index (κ2) is 8.43. The highest BCUT2D eigenvalue weighted by atomic mass is 35.5. The summed E-state index contributed by atoms with van der Waals surface area (Å²) in [7, 11) is 0. The van der Waals surface area contributed by atoms with Crippen molar-refractivity contribution in [3.8, 4) is 0 Å². The third-order valence-corrected chi connectivity index (χ3v) is 4.02. The first kappa shape index (κ1) is 20.1. The molecule has 138 valence electrons. The molecule has 2 aromatic carbocycles. The zero-order valence-corrected chi connectivity index (χ0v) is 16.3. The summed E-state index contributed by atoms with van der Waals surface area (Å²) in [6.45, 7) is 5.53. The molecule has 3 N–H and O–H groups in total. The molecule has 0 spiro atoms. The van der Waals surface area contributed by atoms with E-state index in [0.717, 1.165) is 0 Å². The van der Waals surface area contributed by atoms with Crippen molar-refractivity contribution in [2.45, 2.75) is 20.8 Å². The Kier molecular flexibility index (Phi) is 6.51. The van der Waals surface area contributed by atoms with Gasteiger partial charge in [-0.15, -0.1) is 0 Å². The van der Waals surface area contributed by atoms with Crippen LogP contribution in [0.25, 0.3) is 0 Å². The second-order valence-electron chi connectivity index (χ2n) is 6.81. The minimum Gasteiger partial charge on any atom is -0.375 e. The van der Waals surface area contributed by atoms with Crippen molar-refractivity contribution in [1.82, 2.24) is 0 Å². The molecule has 26 heavy (non-hydrogen) atoms. The van der Waals surface area contributed by atoms with Gasteiger partial charge in [-0.25, -0.2) is 0 Å². The van der Waals surface area contributed by atoms with Crippen molar-refractivity contribution in [3.05, 3.63) is 52.5 Å². The predicted molar refractivity (Wildman–Crippen MR) is 108 cm³/mol. The Morgan fingerprint density at radius 1 is 0.962 bits per heavy atom. The van der Waals surface area contributed by atoms with Crippen LogP contribution in [0, 0.1) is 5.41 Å². The fraction of sp³-hybridized carbons (Fsp3) is 0.263. The summed E-state index contributed by atoms with van der Waals surface area (Å²) in [6.07, 6.45) is 0. The van der Waals surface area contributed by atoms with Gasteiger partial charge in [-0.1, -0.05) is 50.0 Å². The summed E-state index contributed by atoms with van der Waals surface area (Å²) in [6, 6.07) is 12.0. The highest BCUT2D eigenvalue weighted by Gasteiger charge is 2.21. The highest BCUT2D eigenvalue weighted by molar-refractivity contribution is 6.35. The number of hydrogen-bond acceptors (Lipinski definition) is 3. The van der Waals surface area contributed by atoms with Gasteiger partial charge in [-0.3, -0.25) is 9.59 Å². The summed E-state index contributed by atoms with van der Waals surface area (Å²) >= 11 is 12.0. The van der Waals surface area contributed by atoms with Crippen LogP contribution >= 0.6 is 23.2 Å². The molecule has 0 atom stereocenters. The third kappa shape index (κ3) is 5.93. The molecule has 5 nitrogen and oxygen atoms in total. The fourth-order valence-corrected chi connectivity index (χ4v) is 2.36. The van der Waals surface area contributed by atoms with Gasteiger partial charge in [0.2, 0.25) is 11.8 Å². The van der Waals surface area contributed by atoms with Crippen molar-refractivity contribution < 1.29 is 9.59 Å². The van der Waals surface area contributed by atoms with E-state index in [0.29, 0.717) is 27.1 Å². The molecule has 0 aliphatic heterocycles. The van der Waals surface area contributed by atoms with Crippen molar-refractivity contribution >= 4 is 52.1 Å². The maximum atomic E-state index is 12.1. The first-order valence-corrected chi connectivity index (χ1v) is 8.81. The van der Waals surface area contributed by atoms with Crippen molar-refractivity contribution in [2.24, 2.45) is 5.41 Å². The molecule has 0 aliphatic rings. The van der Waals surface area contributed by atoms with E-state index in [9.17, 15) is 9.59 Å². The zero-order chi connectivity index (χ0) is 19.3. The molecule has 0 aliphatic carbocycles. The Balaban J connectivity index is 1.96. The van der Waals surface area contributed by atoms with E-state index in [-0.39, 0.29) is 18.4 Å². The SMILES string of the molecule is CC(C)(C)C(=O)Nc1cccc(NC(=O)CNc2cc(Cl)ccc2Cl)c1. The molecule has 7 heteroatoms. The van der Waals surface area contributed by atoms with Crippen molar-refractivity contribution in [3.63, 3.8) is 0 Å². The molecule has 0 radical (unpaired) electrons. The van der Waals surface area contributed by atoms with Crippen LogP contribution in [0.5, 0.6) is 0 Å². The quantitative estimate of drug-likeness (QED) is 0.666. The summed E-state index contributed by atoms with van der Waals surface area (Å²) < 4.78 is 0. The zero-order valence-electron chi connectivity index (χ0n) is 14.8. The predicted octanol–water partition coefficient (Wildman–Crippen LogP) is 5.03. The lowest BCUT2D eigenvalue weighted by Crippen LogP contribution is -2.27. The largest absolute Gasteiger partial charge is 0.375 e. The van der Waals surface area contributed by atoms with E-state index in [1.807, 2.05) is 20.8 Å². The molecule has 0 aromatic heterocycles. The lowest BCUT2D eigenvalue weighted by atomic mass is 9.95. The van der Waals surface area contributed by atoms with Crippen LogP contribution < -0.4 is 16.0 Å². The van der Waals surface area contributed by atoms with E-state index in [1.54, 1.807) is 42.5 Å². The van der Waals surface area contributed by atoms with E-state index in [4.69, 9.17) is 23.2 Å². The van der Waals surface area contributed by atoms with Crippen molar-refractivity contribution in [1.29, 1.82) is 0 Å². The summed E-state index contributed by atoms with van der Waals surface area (Å²) in [5.41, 5.74) is 1.29. The van der Waals surface area contributed by atoms with Crippen LogP contribution in [0.3, 0.4) is 0 Å². The number of carbonyl (C=O) groups excluding carboxylic acids is 2. The van der Waals surface area contributed by atoms with Crippen LogP contribution in [-0.4, -0.2) is 18.4 Å². The fourth-order valence-electron chi connectivity index (χ4n) is 2.01. The summed E-state index contributed by atoms with van der Waals surface area (Å²) in [5.74, 6) is -0.349. The number of anilines is 3. The summed E-state index contributed by atoms with van der Waals surface area (Å²) in [5, 5.41) is 9.55. The molecule has 2 rings (SSSR count). The highest BCUT2D eigenvalue weighted by Crippen LogP contribution is 2.25. The average molecular weight is 394 g/mol. The molecular formula is C19H21Cl2N3O2. The standard InChI is InChI=1S/C19H21Cl2N3O2/c1-19(2,3)18(26)24-14-6-4-5-13(10-14)23-17(25)11-22-16-9-12(20)7-8-15(16)21/h4-10,22H,11H2,1-3H3,(H,23,25)(H,24,26). The maximum absolute atomic E-state index is 12.1. The van der Waals surface area contributed by atoms with Gasteiger partial charge in [-0.05, 0) is 36.4 Å². The molecule has 2 aromatic rings. The Morgan fingerprint density at radius 3 is 2.27 bits per heavy atom. The monoisotopic (exact) mass is 393 g/mol. The number of rotatable bonds is 5. The van der Waals surface area contributed by atoms with Crippen LogP contribution in [0.1, 0.15) is 20.8 Å². The number of halogens is 2. The second-order valence-corrected chi connectivity index (χ2v) is 7.65. The normalized spacial score (nSPS) is 11.0. The Bertz CT molecular complexity index is 817. The molecule has 2 amide bonds. The van der Waals surface area contributed by atoms with E-state index in [1.165, 1.54) is 0 Å². The molecule has 0 saturated heterocycles. The van der Waals surface area contributed by atoms with E-state index >= 15 is 0 Å². The molecule has 0 bridgehead atoms. The molecule has 0 saturated carbocycles. The Morgan fingerprint density at radius 2 is 1.62 bits per heavy atom. The van der Waals surface area contributed by atoms with Gasteiger partial charge in [0, 0.05) is 21.8 Å². The molecule has 0 unspecified atom stereocenters. The van der Waals surface area contributed by atoms with Gasteiger partial charge in [0.05, 0.1) is 17.3 Å². The van der Waals surface area contributed by atoms with Gasteiger partial charge >= 0.3 is 0 Å². The van der Waals surface area contributed by atoms with Crippen LogP contribution in [0.4, 0.5) is 17.1 Å². The number of benzene rings is 2. The number of nitrogens with one attached hydrogen (secondary N) is 3. The molecule has 0 fully saturated rings. The van der Waals surface area contributed by atoms with E-state index < -0.39 is 5.41 Å². The topological polar surface area (TPSA) is 70.2 Å². The lowest BCUT2D eigenvalue weighted by Gasteiger charge is -2.18. The Hall–Kier alpha value is -2.24. The Labute approximate surface area is 163 Å². The first-order chi connectivity index (χ1) is 12.1. The van der Waals surface area contributed by atoms with Gasteiger partial charge < -0.3 is 16.0 Å². The third-order valence-electron chi connectivity index (χ3n) is 3.45. The minimum atomic E-state index is -0.501. The van der Waals surface area contributed by atoms with Crippen LogP contribution in [0.15, 0.2) is 42.5 Å².